The normalized spacial score (nSPS) is 24.8. The van der Waals surface area contributed by atoms with Gasteiger partial charge in [-0.15, -0.1) is 0 Å². The Morgan fingerprint density at radius 1 is 1.10 bits per heavy atom. The Hall–Kier alpha value is -1.55. The summed E-state index contributed by atoms with van der Waals surface area (Å²) in [4.78, 5) is 2.48. The van der Waals surface area contributed by atoms with Gasteiger partial charge in [0.15, 0.2) is 0 Å². The van der Waals surface area contributed by atoms with Gasteiger partial charge in [0.2, 0.25) is 0 Å². The highest BCUT2D eigenvalue weighted by atomic mass is 35.5. The molecule has 1 saturated heterocycles. The topological polar surface area (TPSA) is 32.7 Å². The molecule has 30 heavy (non-hydrogen) atoms. The van der Waals surface area contributed by atoms with E-state index >= 15 is 0 Å². The van der Waals surface area contributed by atoms with Crippen molar-refractivity contribution in [2.24, 2.45) is 5.92 Å². The molecular weight excluding hydrogens is 394 g/mol. The second-order valence-electron chi connectivity index (χ2n) is 9.40. The maximum absolute atomic E-state index is 11.3. The van der Waals surface area contributed by atoms with Gasteiger partial charge in [-0.1, -0.05) is 47.9 Å². The summed E-state index contributed by atoms with van der Waals surface area (Å²) in [5.41, 5.74) is 2.37. The Bertz CT molecular complexity index is 816. The van der Waals surface area contributed by atoms with E-state index in [1.54, 1.807) is 0 Å². The van der Waals surface area contributed by atoms with Crippen molar-refractivity contribution in [3.05, 3.63) is 64.7 Å². The minimum Gasteiger partial charge on any atom is -0.493 e. The van der Waals surface area contributed by atoms with Gasteiger partial charge in [0.1, 0.15) is 5.75 Å². The number of β-amino-alcohol motifs (C(OH)–C–C–N with tert-alkyl or cyclic N) is 1. The van der Waals surface area contributed by atoms with Gasteiger partial charge in [-0.2, -0.15) is 0 Å². The van der Waals surface area contributed by atoms with Crippen LogP contribution in [0, 0.1) is 12.8 Å². The van der Waals surface area contributed by atoms with Crippen molar-refractivity contribution in [3.63, 3.8) is 0 Å². The zero-order chi connectivity index (χ0) is 21.1. The van der Waals surface area contributed by atoms with Gasteiger partial charge in [0.25, 0.3) is 0 Å². The molecule has 1 saturated carbocycles. The average molecular weight is 428 g/mol. The zero-order valence-corrected chi connectivity index (χ0v) is 18.9. The number of hydrogen-bond acceptors (Lipinski definition) is 3. The van der Waals surface area contributed by atoms with Crippen LogP contribution in [0.5, 0.6) is 5.75 Å². The van der Waals surface area contributed by atoms with Crippen molar-refractivity contribution in [2.45, 2.75) is 63.5 Å². The van der Waals surface area contributed by atoms with Crippen molar-refractivity contribution in [1.29, 1.82) is 0 Å². The molecule has 3 nitrogen and oxygen atoms in total. The standard InChI is InChI=1S/C26H34ClNO2/c1-19-4-12-24(13-5-19)30-18-21-7-6-20(2)28(16-21)17-25(29)26(14-3-15-26)22-8-10-23(27)11-9-22/h4-5,8-13,20-21,25,29H,3,6-7,14-18H2,1-2H3. The lowest BCUT2D eigenvalue weighted by Gasteiger charge is -2.49. The van der Waals surface area contributed by atoms with Gasteiger partial charge in [-0.05, 0) is 69.4 Å². The molecule has 1 aliphatic heterocycles. The molecule has 2 aliphatic rings. The lowest BCUT2D eigenvalue weighted by molar-refractivity contribution is -0.0214. The van der Waals surface area contributed by atoms with Gasteiger partial charge in [-0.25, -0.2) is 0 Å². The van der Waals surface area contributed by atoms with Crippen molar-refractivity contribution >= 4 is 11.6 Å². The largest absolute Gasteiger partial charge is 0.493 e. The van der Waals surface area contributed by atoms with Crippen molar-refractivity contribution in [3.8, 4) is 5.75 Å². The number of aliphatic hydroxyl groups is 1. The van der Waals surface area contributed by atoms with E-state index in [2.05, 4.69) is 55.1 Å². The Balaban J connectivity index is 1.37. The van der Waals surface area contributed by atoms with E-state index < -0.39 is 0 Å². The van der Waals surface area contributed by atoms with E-state index in [9.17, 15) is 5.11 Å². The number of aryl methyl sites for hydroxylation is 1. The molecule has 1 aliphatic carbocycles. The average Bonchev–Trinajstić information content (AvgIpc) is 2.70. The van der Waals surface area contributed by atoms with Crippen LogP contribution in [-0.2, 0) is 5.41 Å². The monoisotopic (exact) mass is 427 g/mol. The molecule has 3 unspecified atom stereocenters. The minimum atomic E-state index is -0.355. The predicted molar refractivity (Wildman–Crippen MR) is 123 cm³/mol. The summed E-state index contributed by atoms with van der Waals surface area (Å²) >= 11 is 6.09. The third-order valence-corrected chi connectivity index (χ3v) is 7.58. The molecule has 2 aromatic carbocycles. The SMILES string of the molecule is Cc1ccc(OCC2CCC(C)N(CC(O)C3(c4ccc(Cl)cc4)CCC3)C2)cc1. The minimum absolute atomic E-state index is 0.115. The van der Waals surface area contributed by atoms with Gasteiger partial charge in [0.05, 0.1) is 12.7 Å². The summed E-state index contributed by atoms with van der Waals surface area (Å²) < 4.78 is 6.07. The number of aliphatic hydroxyl groups excluding tert-OH is 1. The molecule has 4 heteroatoms. The Labute approximate surface area is 186 Å². The third kappa shape index (κ3) is 4.69. The molecule has 4 rings (SSSR count). The quantitative estimate of drug-likeness (QED) is 0.623. The molecule has 2 aromatic rings. The fourth-order valence-corrected chi connectivity index (χ4v) is 5.18. The van der Waals surface area contributed by atoms with Crippen LogP contribution in [0.15, 0.2) is 48.5 Å². The molecule has 0 spiro atoms. The maximum Gasteiger partial charge on any atom is 0.119 e. The number of benzene rings is 2. The maximum atomic E-state index is 11.3. The highest BCUT2D eigenvalue weighted by Gasteiger charge is 2.46. The van der Waals surface area contributed by atoms with Crippen LogP contribution in [0.25, 0.3) is 0 Å². The first-order valence-electron chi connectivity index (χ1n) is 11.3. The Morgan fingerprint density at radius 3 is 2.43 bits per heavy atom. The molecule has 2 fully saturated rings. The van der Waals surface area contributed by atoms with Crippen molar-refractivity contribution in [2.75, 3.05) is 19.7 Å². The van der Waals surface area contributed by atoms with Crippen LogP contribution in [0.1, 0.15) is 50.2 Å². The van der Waals surface area contributed by atoms with Crippen LogP contribution in [0.4, 0.5) is 0 Å². The smallest absolute Gasteiger partial charge is 0.119 e. The van der Waals surface area contributed by atoms with E-state index in [-0.39, 0.29) is 11.5 Å². The molecule has 0 amide bonds. The molecule has 0 aromatic heterocycles. The lowest BCUT2D eigenvalue weighted by Crippen LogP contribution is -2.54. The van der Waals surface area contributed by atoms with Crippen LogP contribution >= 0.6 is 11.6 Å². The molecule has 0 bridgehead atoms. The zero-order valence-electron chi connectivity index (χ0n) is 18.2. The van der Waals surface area contributed by atoms with Crippen LogP contribution in [0.3, 0.4) is 0 Å². The summed E-state index contributed by atoms with van der Waals surface area (Å²) in [5.74, 6) is 1.45. The van der Waals surface area contributed by atoms with Gasteiger partial charge in [0, 0.05) is 35.5 Å². The fourth-order valence-electron chi connectivity index (χ4n) is 5.05. The highest BCUT2D eigenvalue weighted by Crippen LogP contribution is 2.47. The van der Waals surface area contributed by atoms with E-state index in [4.69, 9.17) is 16.3 Å². The van der Waals surface area contributed by atoms with E-state index in [0.29, 0.717) is 12.0 Å². The van der Waals surface area contributed by atoms with Crippen molar-refractivity contribution in [1.82, 2.24) is 4.90 Å². The third-order valence-electron chi connectivity index (χ3n) is 7.33. The van der Waals surface area contributed by atoms with Crippen LogP contribution in [-0.4, -0.2) is 41.8 Å². The number of rotatable bonds is 7. The summed E-state index contributed by atoms with van der Waals surface area (Å²) in [5, 5.41) is 12.1. The Kier molecular flexibility index (Phi) is 6.72. The summed E-state index contributed by atoms with van der Waals surface area (Å²) in [7, 11) is 0. The van der Waals surface area contributed by atoms with Gasteiger partial charge < -0.3 is 9.84 Å². The number of piperidine rings is 1. The molecule has 1 heterocycles. The molecule has 162 valence electrons. The Morgan fingerprint density at radius 2 is 1.80 bits per heavy atom. The van der Waals surface area contributed by atoms with Crippen LogP contribution < -0.4 is 4.74 Å². The second-order valence-corrected chi connectivity index (χ2v) is 9.84. The van der Waals surface area contributed by atoms with Crippen LogP contribution in [0.2, 0.25) is 5.02 Å². The summed E-state index contributed by atoms with van der Waals surface area (Å²) in [6, 6.07) is 16.9. The van der Waals surface area contributed by atoms with E-state index in [1.807, 2.05) is 12.1 Å². The first kappa shape index (κ1) is 21.7. The molecule has 3 atom stereocenters. The first-order valence-corrected chi connectivity index (χ1v) is 11.7. The summed E-state index contributed by atoms with van der Waals surface area (Å²) in [6.07, 6.45) is 5.27. The number of hydrogen-bond donors (Lipinski definition) is 1. The first-order chi connectivity index (χ1) is 14.5. The van der Waals surface area contributed by atoms with Crippen molar-refractivity contribution < 1.29 is 9.84 Å². The lowest BCUT2D eigenvalue weighted by atomic mass is 9.61. The van der Waals surface area contributed by atoms with Gasteiger partial charge >= 0.3 is 0 Å². The molecular formula is C26H34ClNO2. The highest BCUT2D eigenvalue weighted by molar-refractivity contribution is 6.30. The second kappa shape index (κ2) is 9.30. The molecule has 1 N–H and O–H groups in total. The number of nitrogens with zero attached hydrogens (tertiary/aromatic N) is 1. The van der Waals surface area contributed by atoms with E-state index in [0.717, 1.165) is 49.7 Å². The van der Waals surface area contributed by atoms with E-state index in [1.165, 1.54) is 24.0 Å². The summed E-state index contributed by atoms with van der Waals surface area (Å²) in [6.45, 7) is 6.84. The molecule has 0 radical (unpaired) electrons. The van der Waals surface area contributed by atoms with Gasteiger partial charge in [-0.3, -0.25) is 4.90 Å². The number of likely N-dealkylation sites (tertiary alicyclic amines) is 1. The predicted octanol–water partition coefficient (Wildman–Crippen LogP) is 5.61. The number of ether oxygens (including phenoxy) is 1. The fraction of sp³-hybridized carbons (Fsp3) is 0.538. The number of halogens is 1.